The molecule has 3 rings (SSSR count). The van der Waals surface area contributed by atoms with Crippen LogP contribution in [0.3, 0.4) is 0 Å². The monoisotopic (exact) mass is 381 g/mol. The summed E-state index contributed by atoms with van der Waals surface area (Å²) in [5.41, 5.74) is 4.73. The number of aryl methyl sites for hydroxylation is 2. The van der Waals surface area contributed by atoms with Crippen molar-refractivity contribution in [3.63, 3.8) is 0 Å². The van der Waals surface area contributed by atoms with Crippen molar-refractivity contribution in [2.24, 2.45) is 0 Å². The minimum absolute atomic E-state index is 0.0573. The number of amides is 1. The second kappa shape index (κ2) is 8.22. The van der Waals surface area contributed by atoms with Gasteiger partial charge in [-0.05, 0) is 60.7 Å². The van der Waals surface area contributed by atoms with Gasteiger partial charge < -0.3 is 15.7 Å². The lowest BCUT2D eigenvalue weighted by Gasteiger charge is -2.12. The number of hydrogen-bond acceptors (Lipinski definition) is 5. The van der Waals surface area contributed by atoms with E-state index in [-0.39, 0.29) is 11.7 Å². The molecule has 27 heavy (non-hydrogen) atoms. The number of carbonyl (C=O) groups excluding carboxylic acids is 1. The van der Waals surface area contributed by atoms with Gasteiger partial charge in [-0.1, -0.05) is 11.6 Å². The average Bonchev–Trinajstić information content (AvgIpc) is 3.06. The topological polar surface area (TPSA) is 74.2 Å². The highest BCUT2D eigenvalue weighted by molar-refractivity contribution is 7.13. The Balaban J connectivity index is 1.99. The number of rotatable bonds is 6. The Morgan fingerprint density at radius 3 is 2.67 bits per heavy atom. The van der Waals surface area contributed by atoms with Crippen LogP contribution in [0.5, 0.6) is 5.75 Å². The Hall–Kier alpha value is -2.86. The quantitative estimate of drug-likeness (QED) is 0.555. The summed E-state index contributed by atoms with van der Waals surface area (Å²) in [5, 5.41) is 18.4. The van der Waals surface area contributed by atoms with Crippen LogP contribution in [0.25, 0.3) is 21.7 Å². The van der Waals surface area contributed by atoms with E-state index in [1.165, 1.54) is 17.4 Å². The highest BCUT2D eigenvalue weighted by Gasteiger charge is 2.12. The first-order chi connectivity index (χ1) is 12.9. The second-order valence-corrected chi connectivity index (χ2v) is 7.41. The van der Waals surface area contributed by atoms with Crippen LogP contribution in [-0.2, 0) is 4.79 Å². The number of phenolic OH excluding ortho intramolecular Hbond substituents is 1. The van der Waals surface area contributed by atoms with Crippen LogP contribution in [0, 0.1) is 13.8 Å². The Bertz CT molecular complexity index is 966. The van der Waals surface area contributed by atoms with Crippen LogP contribution in [0.2, 0.25) is 0 Å². The van der Waals surface area contributed by atoms with E-state index in [1.807, 2.05) is 31.2 Å². The van der Waals surface area contributed by atoms with Gasteiger partial charge in [0.15, 0.2) is 0 Å². The summed E-state index contributed by atoms with van der Waals surface area (Å²) in [6, 6.07) is 11.6. The fourth-order valence-corrected chi connectivity index (χ4v) is 3.76. The summed E-state index contributed by atoms with van der Waals surface area (Å²) in [5.74, 6) is 0.858. The lowest BCUT2D eigenvalue weighted by atomic mass is 10.0. The number of pyridine rings is 1. The Labute approximate surface area is 163 Å². The molecule has 5 nitrogen and oxygen atoms in total. The zero-order valence-electron chi connectivity index (χ0n) is 15.7. The molecule has 0 saturated heterocycles. The number of anilines is 1. The molecule has 1 aromatic carbocycles. The van der Waals surface area contributed by atoms with Crippen molar-refractivity contribution in [3.8, 4) is 27.4 Å². The molecule has 6 heteroatoms. The largest absolute Gasteiger partial charge is 0.507 e. The number of thiophene rings is 1. The first-order valence-corrected chi connectivity index (χ1v) is 9.67. The maximum absolute atomic E-state index is 11.0. The van der Waals surface area contributed by atoms with E-state index in [4.69, 9.17) is 0 Å². The third-order valence-corrected chi connectivity index (χ3v) is 5.25. The first kappa shape index (κ1) is 18.9. The molecule has 0 saturated carbocycles. The Kier molecular flexibility index (Phi) is 5.76. The third kappa shape index (κ3) is 4.65. The van der Waals surface area contributed by atoms with Gasteiger partial charge in [-0.3, -0.25) is 4.79 Å². The Morgan fingerprint density at radius 1 is 1.15 bits per heavy atom. The van der Waals surface area contributed by atoms with Crippen molar-refractivity contribution in [2.45, 2.75) is 20.8 Å². The molecule has 0 atom stereocenters. The summed E-state index contributed by atoms with van der Waals surface area (Å²) >= 11 is 1.68. The summed E-state index contributed by atoms with van der Waals surface area (Å²) in [7, 11) is 0. The fourth-order valence-electron chi connectivity index (χ4n) is 2.84. The van der Waals surface area contributed by atoms with Gasteiger partial charge in [0.1, 0.15) is 11.6 Å². The first-order valence-electron chi connectivity index (χ1n) is 8.79. The van der Waals surface area contributed by atoms with Gasteiger partial charge in [0.2, 0.25) is 5.91 Å². The second-order valence-electron chi connectivity index (χ2n) is 6.49. The standard InChI is InChI=1S/C21H23N3O2S/c1-13-4-5-19(26)17(10-13)18-11-16(21-14(2)6-9-27-21)12-20(24-18)23-8-7-22-15(3)25/h4-6,9-12,26H,7-8H2,1-3H3,(H,22,25)(H,23,24). The van der Waals surface area contributed by atoms with Crippen LogP contribution in [0.4, 0.5) is 5.82 Å². The van der Waals surface area contributed by atoms with Gasteiger partial charge in [-0.2, -0.15) is 0 Å². The lowest BCUT2D eigenvalue weighted by Crippen LogP contribution is -2.26. The van der Waals surface area contributed by atoms with Gasteiger partial charge in [-0.15, -0.1) is 11.3 Å². The molecule has 2 aromatic heterocycles. The van der Waals surface area contributed by atoms with Crippen molar-refractivity contribution in [2.75, 3.05) is 18.4 Å². The SMILES string of the molecule is CC(=O)NCCNc1cc(-c2sccc2C)cc(-c2cc(C)ccc2O)n1. The highest BCUT2D eigenvalue weighted by atomic mass is 32.1. The van der Waals surface area contributed by atoms with Gasteiger partial charge in [-0.25, -0.2) is 4.98 Å². The van der Waals surface area contributed by atoms with Gasteiger partial charge in [0.05, 0.1) is 5.69 Å². The highest BCUT2D eigenvalue weighted by Crippen LogP contribution is 2.36. The van der Waals surface area contributed by atoms with Crippen LogP contribution in [0.1, 0.15) is 18.1 Å². The molecule has 0 unspecified atom stereocenters. The molecule has 0 bridgehead atoms. The molecule has 0 aliphatic heterocycles. The van der Waals surface area contributed by atoms with Crippen molar-refractivity contribution >= 4 is 23.1 Å². The van der Waals surface area contributed by atoms with Crippen molar-refractivity contribution in [3.05, 3.63) is 52.9 Å². The van der Waals surface area contributed by atoms with E-state index in [9.17, 15) is 9.90 Å². The molecule has 2 heterocycles. The predicted octanol–water partition coefficient (Wildman–Crippen LogP) is 4.35. The summed E-state index contributed by atoms with van der Waals surface area (Å²) in [6.07, 6.45) is 0. The van der Waals surface area contributed by atoms with Crippen LogP contribution < -0.4 is 10.6 Å². The number of benzene rings is 1. The van der Waals surface area contributed by atoms with E-state index in [2.05, 4.69) is 34.0 Å². The number of nitrogens with zero attached hydrogens (tertiary/aromatic N) is 1. The molecule has 0 aliphatic carbocycles. The van der Waals surface area contributed by atoms with Crippen molar-refractivity contribution in [1.82, 2.24) is 10.3 Å². The van der Waals surface area contributed by atoms with E-state index in [0.717, 1.165) is 11.1 Å². The fraction of sp³-hybridized carbons (Fsp3) is 0.238. The molecule has 0 spiro atoms. The molecule has 0 fully saturated rings. The maximum atomic E-state index is 11.0. The minimum Gasteiger partial charge on any atom is -0.507 e. The molecule has 1 amide bonds. The number of nitrogens with one attached hydrogen (secondary N) is 2. The number of aromatic hydroxyl groups is 1. The smallest absolute Gasteiger partial charge is 0.216 e. The minimum atomic E-state index is -0.0573. The predicted molar refractivity (Wildman–Crippen MR) is 111 cm³/mol. The van der Waals surface area contributed by atoms with E-state index < -0.39 is 0 Å². The van der Waals surface area contributed by atoms with E-state index >= 15 is 0 Å². The molecule has 3 N–H and O–H groups in total. The zero-order valence-corrected chi connectivity index (χ0v) is 16.5. The summed E-state index contributed by atoms with van der Waals surface area (Å²) in [6.45, 7) is 6.66. The summed E-state index contributed by atoms with van der Waals surface area (Å²) < 4.78 is 0. The zero-order chi connectivity index (χ0) is 19.4. The number of phenols is 1. The number of aromatic nitrogens is 1. The molecule has 140 valence electrons. The molecule has 3 aromatic rings. The van der Waals surface area contributed by atoms with Crippen LogP contribution >= 0.6 is 11.3 Å². The normalized spacial score (nSPS) is 10.6. The van der Waals surface area contributed by atoms with Gasteiger partial charge in [0, 0.05) is 30.5 Å². The van der Waals surface area contributed by atoms with Crippen molar-refractivity contribution in [1.29, 1.82) is 0 Å². The lowest BCUT2D eigenvalue weighted by molar-refractivity contribution is -0.118. The summed E-state index contributed by atoms with van der Waals surface area (Å²) in [4.78, 5) is 16.9. The average molecular weight is 382 g/mol. The van der Waals surface area contributed by atoms with Gasteiger partial charge in [0.25, 0.3) is 0 Å². The third-order valence-electron chi connectivity index (χ3n) is 4.18. The van der Waals surface area contributed by atoms with Gasteiger partial charge >= 0.3 is 0 Å². The van der Waals surface area contributed by atoms with Crippen LogP contribution in [0.15, 0.2) is 41.8 Å². The van der Waals surface area contributed by atoms with E-state index in [1.54, 1.807) is 17.4 Å². The molecule has 0 aliphatic rings. The molecular weight excluding hydrogens is 358 g/mol. The number of hydrogen-bond donors (Lipinski definition) is 3. The van der Waals surface area contributed by atoms with Crippen molar-refractivity contribution < 1.29 is 9.90 Å². The van der Waals surface area contributed by atoms with Crippen LogP contribution in [-0.4, -0.2) is 29.1 Å². The molecular formula is C21H23N3O2S. The maximum Gasteiger partial charge on any atom is 0.216 e. The van der Waals surface area contributed by atoms with E-state index in [0.29, 0.717) is 30.2 Å². The number of carbonyl (C=O) groups is 1. The molecule has 0 radical (unpaired) electrons. The Morgan fingerprint density at radius 2 is 1.96 bits per heavy atom.